The molecule has 0 fully saturated rings. The molecule has 0 saturated carbocycles. The maximum absolute atomic E-state index is 12.9. The van der Waals surface area contributed by atoms with E-state index < -0.39 is 16.8 Å². The molecule has 0 saturated heterocycles. The van der Waals surface area contributed by atoms with E-state index in [1.807, 2.05) is 6.92 Å². The van der Waals surface area contributed by atoms with Crippen molar-refractivity contribution in [3.8, 4) is 24.0 Å². The van der Waals surface area contributed by atoms with Gasteiger partial charge in [-0.05, 0) is 38.1 Å². The topological polar surface area (TPSA) is 37.7 Å². The Labute approximate surface area is 160 Å². The van der Waals surface area contributed by atoms with Crippen molar-refractivity contribution < 1.29 is 17.9 Å². The third-order valence-corrected chi connectivity index (χ3v) is 4.04. The summed E-state index contributed by atoms with van der Waals surface area (Å²) in [5.41, 5.74) is 0.204. The maximum Gasteiger partial charge on any atom is 0.417 e. The molecule has 1 aromatic carbocycles. The van der Waals surface area contributed by atoms with Gasteiger partial charge in [0.25, 0.3) is 0 Å². The summed E-state index contributed by atoms with van der Waals surface area (Å²) in [7, 11) is 1.80. The number of alkyl halides is 3. The molecule has 1 atom stereocenters. The second-order valence-electron chi connectivity index (χ2n) is 5.81. The molecule has 0 aliphatic heterocycles. The Morgan fingerprint density at radius 1 is 1.37 bits per heavy atom. The van der Waals surface area contributed by atoms with Crippen LogP contribution in [0.4, 0.5) is 18.9 Å². The lowest BCUT2D eigenvalue weighted by Crippen LogP contribution is -2.25. The quantitative estimate of drug-likeness (QED) is 0.383. The number of rotatable bonds is 5. The minimum absolute atomic E-state index is 0.0128. The van der Waals surface area contributed by atoms with Crippen molar-refractivity contribution in [2.75, 3.05) is 7.05 Å². The van der Waals surface area contributed by atoms with Gasteiger partial charge in [-0.3, -0.25) is 0 Å². The van der Waals surface area contributed by atoms with Crippen LogP contribution in [-0.4, -0.2) is 29.3 Å². The van der Waals surface area contributed by atoms with E-state index in [1.165, 1.54) is 12.3 Å². The Morgan fingerprint density at radius 2 is 2.07 bits per heavy atom. The minimum Gasteiger partial charge on any atom is -0.439 e. The fourth-order valence-electron chi connectivity index (χ4n) is 2.00. The van der Waals surface area contributed by atoms with Gasteiger partial charge in [0.1, 0.15) is 5.75 Å². The summed E-state index contributed by atoms with van der Waals surface area (Å²) in [6.45, 7) is 3.57. The van der Waals surface area contributed by atoms with Crippen LogP contribution in [0, 0.1) is 19.3 Å². The van der Waals surface area contributed by atoms with Gasteiger partial charge in [0.15, 0.2) is 0 Å². The summed E-state index contributed by atoms with van der Waals surface area (Å²) in [6, 6.07) is 4.91. The predicted octanol–water partition coefficient (Wildman–Crippen LogP) is 5.47. The summed E-state index contributed by atoms with van der Waals surface area (Å²) in [4.78, 5) is 10.1. The van der Waals surface area contributed by atoms with Crippen LogP contribution in [0.25, 0.3) is 0 Å². The molecule has 0 N–H and O–H groups in total. The molecule has 4 nitrogen and oxygen atoms in total. The van der Waals surface area contributed by atoms with Gasteiger partial charge in [-0.1, -0.05) is 17.5 Å². The van der Waals surface area contributed by atoms with Gasteiger partial charge in [0, 0.05) is 12.6 Å². The van der Waals surface area contributed by atoms with Crippen LogP contribution in [0.1, 0.15) is 18.1 Å². The van der Waals surface area contributed by atoms with Crippen molar-refractivity contribution in [3.05, 3.63) is 46.6 Å². The number of aliphatic imine (C=N–C) groups is 1. The third kappa shape index (κ3) is 5.38. The lowest BCUT2D eigenvalue weighted by molar-refractivity contribution is -0.137. The molecule has 0 aliphatic carbocycles. The molecule has 1 aromatic heterocycles. The largest absolute Gasteiger partial charge is 0.439 e. The summed E-state index contributed by atoms with van der Waals surface area (Å²) in [5.74, 6) is 2.74. The number of pyridine rings is 1. The molecule has 0 bridgehead atoms. The van der Waals surface area contributed by atoms with Crippen molar-refractivity contribution in [1.82, 2.24) is 9.88 Å². The predicted molar refractivity (Wildman–Crippen MR) is 99.7 cm³/mol. The first-order chi connectivity index (χ1) is 12.6. The zero-order valence-corrected chi connectivity index (χ0v) is 15.6. The van der Waals surface area contributed by atoms with Crippen LogP contribution in [-0.2, 0) is 6.18 Å². The number of hydrogen-bond donors (Lipinski definition) is 0. The standard InChI is InChI=1S/C19H17ClF3N3O/c1-5-13(3)26(4)11-25-14-8-12(2)18(24-10-14)27-15-6-7-17(20)16(9-15)19(21,22)23/h1,6-11,13H,2-4H3. The van der Waals surface area contributed by atoms with Crippen molar-refractivity contribution in [1.29, 1.82) is 0 Å². The molecule has 2 aromatic rings. The summed E-state index contributed by atoms with van der Waals surface area (Å²) in [5, 5.41) is -0.394. The van der Waals surface area contributed by atoms with Crippen molar-refractivity contribution >= 4 is 23.6 Å². The van der Waals surface area contributed by atoms with Crippen LogP contribution in [0.3, 0.4) is 0 Å². The second kappa shape index (κ2) is 8.31. The highest BCUT2D eigenvalue weighted by molar-refractivity contribution is 6.31. The minimum atomic E-state index is -4.57. The number of aryl methyl sites for hydroxylation is 1. The van der Waals surface area contributed by atoms with Gasteiger partial charge in [-0.25, -0.2) is 9.98 Å². The highest BCUT2D eigenvalue weighted by Gasteiger charge is 2.33. The smallest absolute Gasteiger partial charge is 0.417 e. The van der Waals surface area contributed by atoms with E-state index in [9.17, 15) is 13.2 Å². The van der Waals surface area contributed by atoms with Gasteiger partial charge in [0.2, 0.25) is 5.88 Å². The average Bonchev–Trinajstić information content (AvgIpc) is 2.61. The Kier molecular flexibility index (Phi) is 6.34. The summed E-state index contributed by atoms with van der Waals surface area (Å²) < 4.78 is 44.3. The molecule has 0 amide bonds. The molecule has 0 radical (unpaired) electrons. The van der Waals surface area contributed by atoms with E-state index in [1.54, 1.807) is 31.3 Å². The molecule has 142 valence electrons. The van der Waals surface area contributed by atoms with Crippen molar-refractivity contribution in [2.24, 2.45) is 4.99 Å². The molecular formula is C19H17ClF3N3O. The van der Waals surface area contributed by atoms with E-state index in [0.717, 1.165) is 12.1 Å². The Hall–Kier alpha value is -2.72. The van der Waals surface area contributed by atoms with Crippen LogP contribution in [0.15, 0.2) is 35.5 Å². The van der Waals surface area contributed by atoms with Crippen LogP contribution in [0.2, 0.25) is 5.02 Å². The van der Waals surface area contributed by atoms with Gasteiger partial charge < -0.3 is 9.64 Å². The zero-order valence-electron chi connectivity index (χ0n) is 14.9. The number of terminal acetylenes is 1. The Balaban J connectivity index is 2.20. The fourth-order valence-corrected chi connectivity index (χ4v) is 2.22. The van der Waals surface area contributed by atoms with Crippen LogP contribution in [0.5, 0.6) is 11.6 Å². The highest BCUT2D eigenvalue weighted by Crippen LogP contribution is 2.37. The number of halogens is 4. The summed E-state index contributed by atoms with van der Waals surface area (Å²) in [6.07, 6.45) is 3.81. The van der Waals surface area contributed by atoms with Crippen LogP contribution >= 0.6 is 11.6 Å². The van der Waals surface area contributed by atoms with E-state index in [4.69, 9.17) is 22.8 Å². The second-order valence-corrected chi connectivity index (χ2v) is 6.22. The Morgan fingerprint density at radius 3 is 2.67 bits per heavy atom. The molecule has 27 heavy (non-hydrogen) atoms. The highest BCUT2D eigenvalue weighted by atomic mass is 35.5. The SMILES string of the molecule is C#CC(C)N(C)C=Nc1cnc(Oc2ccc(Cl)c(C(F)(F)F)c2)c(C)c1. The van der Waals surface area contributed by atoms with E-state index in [0.29, 0.717) is 11.3 Å². The first-order valence-corrected chi connectivity index (χ1v) is 8.23. The molecule has 1 heterocycles. The number of hydrogen-bond acceptors (Lipinski definition) is 3. The van der Waals surface area contributed by atoms with Gasteiger partial charge >= 0.3 is 6.18 Å². The van der Waals surface area contributed by atoms with Crippen molar-refractivity contribution in [2.45, 2.75) is 26.1 Å². The Bertz CT molecular complexity index is 891. The molecule has 1 unspecified atom stereocenters. The lowest BCUT2D eigenvalue weighted by Gasteiger charge is -2.16. The van der Waals surface area contributed by atoms with E-state index >= 15 is 0 Å². The molecule has 8 heteroatoms. The maximum atomic E-state index is 12.9. The monoisotopic (exact) mass is 395 g/mol. The van der Waals surface area contributed by atoms with Crippen LogP contribution < -0.4 is 4.74 Å². The fraction of sp³-hybridized carbons (Fsp3) is 0.263. The first-order valence-electron chi connectivity index (χ1n) is 7.85. The zero-order chi connectivity index (χ0) is 20.2. The number of ether oxygens (including phenoxy) is 1. The number of nitrogens with zero attached hydrogens (tertiary/aromatic N) is 3. The molecule has 0 aliphatic rings. The molecular weight excluding hydrogens is 379 g/mol. The average molecular weight is 396 g/mol. The van der Waals surface area contributed by atoms with Crippen molar-refractivity contribution in [3.63, 3.8) is 0 Å². The normalized spacial score (nSPS) is 12.7. The third-order valence-electron chi connectivity index (χ3n) is 3.71. The van der Waals surface area contributed by atoms with Gasteiger partial charge in [-0.15, -0.1) is 6.42 Å². The molecule has 0 spiro atoms. The van der Waals surface area contributed by atoms with Gasteiger partial charge in [0.05, 0.1) is 34.9 Å². The summed E-state index contributed by atoms with van der Waals surface area (Å²) >= 11 is 5.61. The number of aromatic nitrogens is 1. The van der Waals surface area contributed by atoms with E-state index in [2.05, 4.69) is 15.9 Å². The lowest BCUT2D eigenvalue weighted by atomic mass is 10.2. The van der Waals surface area contributed by atoms with Gasteiger partial charge in [-0.2, -0.15) is 13.2 Å². The molecule has 2 rings (SSSR count). The first kappa shape index (κ1) is 20.6. The van der Waals surface area contributed by atoms with E-state index in [-0.39, 0.29) is 17.7 Å². The number of benzene rings is 1.